The SMILES string of the molecule is Cc1cccc(NC(=O)[C@H]2CCCN(c3nccc(C)n3)C2)c1. The Hall–Kier alpha value is -2.43. The summed E-state index contributed by atoms with van der Waals surface area (Å²) in [5, 5.41) is 3.03. The monoisotopic (exact) mass is 310 g/mol. The Morgan fingerprint density at radius 1 is 1.30 bits per heavy atom. The van der Waals surface area contributed by atoms with Crippen LogP contribution in [0.2, 0.25) is 0 Å². The van der Waals surface area contributed by atoms with E-state index in [-0.39, 0.29) is 11.8 Å². The third-order valence-corrected chi connectivity index (χ3v) is 4.14. The molecule has 120 valence electrons. The number of hydrogen-bond acceptors (Lipinski definition) is 4. The van der Waals surface area contributed by atoms with Gasteiger partial charge in [0.1, 0.15) is 0 Å². The molecule has 2 aromatic rings. The first kappa shape index (κ1) is 15.5. The largest absolute Gasteiger partial charge is 0.340 e. The predicted molar refractivity (Wildman–Crippen MR) is 91.5 cm³/mol. The van der Waals surface area contributed by atoms with Gasteiger partial charge in [-0.1, -0.05) is 12.1 Å². The molecular formula is C18H22N4O. The van der Waals surface area contributed by atoms with Gasteiger partial charge in [-0.15, -0.1) is 0 Å². The third kappa shape index (κ3) is 3.86. The molecule has 1 aromatic carbocycles. The van der Waals surface area contributed by atoms with Crippen LogP contribution in [0.3, 0.4) is 0 Å². The van der Waals surface area contributed by atoms with E-state index in [1.807, 2.05) is 44.2 Å². The predicted octanol–water partition coefficient (Wildman–Crippen LogP) is 2.95. The van der Waals surface area contributed by atoms with Gasteiger partial charge in [-0.2, -0.15) is 0 Å². The molecule has 23 heavy (non-hydrogen) atoms. The minimum Gasteiger partial charge on any atom is -0.340 e. The van der Waals surface area contributed by atoms with Crippen molar-refractivity contribution in [1.82, 2.24) is 9.97 Å². The average Bonchev–Trinajstić information content (AvgIpc) is 2.55. The highest BCUT2D eigenvalue weighted by molar-refractivity contribution is 5.93. The molecule has 0 unspecified atom stereocenters. The number of carbonyl (C=O) groups is 1. The molecule has 5 nitrogen and oxygen atoms in total. The van der Waals surface area contributed by atoms with E-state index in [0.717, 1.165) is 42.3 Å². The van der Waals surface area contributed by atoms with Crippen molar-refractivity contribution in [3.63, 3.8) is 0 Å². The third-order valence-electron chi connectivity index (χ3n) is 4.14. The van der Waals surface area contributed by atoms with Crippen LogP contribution < -0.4 is 10.2 Å². The van der Waals surface area contributed by atoms with Gasteiger partial charge in [0, 0.05) is 30.7 Å². The fourth-order valence-electron chi connectivity index (χ4n) is 2.93. The van der Waals surface area contributed by atoms with E-state index in [0.29, 0.717) is 6.54 Å². The summed E-state index contributed by atoms with van der Waals surface area (Å²) < 4.78 is 0. The Labute approximate surface area is 136 Å². The first-order valence-corrected chi connectivity index (χ1v) is 8.04. The zero-order chi connectivity index (χ0) is 16.2. The van der Waals surface area contributed by atoms with E-state index >= 15 is 0 Å². The van der Waals surface area contributed by atoms with Crippen molar-refractivity contribution >= 4 is 17.5 Å². The topological polar surface area (TPSA) is 58.1 Å². The molecule has 0 bridgehead atoms. The molecule has 1 saturated heterocycles. The lowest BCUT2D eigenvalue weighted by Crippen LogP contribution is -2.41. The molecular weight excluding hydrogens is 288 g/mol. The summed E-state index contributed by atoms with van der Waals surface area (Å²) in [6.45, 7) is 5.54. The molecule has 0 radical (unpaired) electrons. The number of nitrogens with zero attached hydrogens (tertiary/aromatic N) is 3. The molecule has 2 heterocycles. The van der Waals surface area contributed by atoms with Crippen LogP contribution in [0, 0.1) is 19.8 Å². The van der Waals surface area contributed by atoms with Crippen molar-refractivity contribution in [2.24, 2.45) is 5.92 Å². The van der Waals surface area contributed by atoms with Crippen molar-refractivity contribution in [3.05, 3.63) is 47.8 Å². The van der Waals surface area contributed by atoms with Crippen molar-refractivity contribution in [1.29, 1.82) is 0 Å². The van der Waals surface area contributed by atoms with E-state index in [2.05, 4.69) is 20.2 Å². The standard InChI is InChI=1S/C18H22N4O/c1-13-5-3-7-16(11-13)21-17(23)15-6-4-10-22(12-15)18-19-9-8-14(2)20-18/h3,5,7-9,11,15H,4,6,10,12H2,1-2H3,(H,21,23)/t15-/m0/s1. The lowest BCUT2D eigenvalue weighted by molar-refractivity contribution is -0.120. The fourth-order valence-corrected chi connectivity index (χ4v) is 2.93. The molecule has 1 aliphatic rings. The zero-order valence-electron chi connectivity index (χ0n) is 13.6. The lowest BCUT2D eigenvalue weighted by atomic mass is 9.97. The summed E-state index contributed by atoms with van der Waals surface area (Å²) in [5.74, 6) is 0.763. The molecule has 1 fully saturated rings. The van der Waals surface area contributed by atoms with Gasteiger partial charge in [0.15, 0.2) is 0 Å². The Morgan fingerprint density at radius 3 is 2.96 bits per heavy atom. The number of aryl methyl sites for hydroxylation is 2. The van der Waals surface area contributed by atoms with Crippen LogP contribution in [0.25, 0.3) is 0 Å². The van der Waals surface area contributed by atoms with Gasteiger partial charge in [0.25, 0.3) is 0 Å². The molecule has 1 atom stereocenters. The lowest BCUT2D eigenvalue weighted by Gasteiger charge is -2.32. The number of piperidine rings is 1. The number of rotatable bonds is 3. The fraction of sp³-hybridized carbons (Fsp3) is 0.389. The van der Waals surface area contributed by atoms with E-state index < -0.39 is 0 Å². The minimum atomic E-state index is -0.0339. The Balaban J connectivity index is 1.67. The van der Waals surface area contributed by atoms with Gasteiger partial charge in [-0.3, -0.25) is 4.79 Å². The van der Waals surface area contributed by atoms with Crippen molar-refractivity contribution < 1.29 is 4.79 Å². The molecule has 5 heteroatoms. The number of anilines is 2. The van der Waals surface area contributed by atoms with Gasteiger partial charge >= 0.3 is 0 Å². The first-order chi connectivity index (χ1) is 11.1. The van der Waals surface area contributed by atoms with Crippen LogP contribution in [0.5, 0.6) is 0 Å². The Morgan fingerprint density at radius 2 is 2.17 bits per heavy atom. The summed E-state index contributed by atoms with van der Waals surface area (Å²) in [5.41, 5.74) is 2.95. The Kier molecular flexibility index (Phi) is 4.55. The molecule has 1 amide bonds. The highest BCUT2D eigenvalue weighted by Crippen LogP contribution is 2.22. The van der Waals surface area contributed by atoms with Crippen LogP contribution in [0.4, 0.5) is 11.6 Å². The normalized spacial score (nSPS) is 17.8. The van der Waals surface area contributed by atoms with Gasteiger partial charge in [-0.25, -0.2) is 9.97 Å². The number of nitrogens with one attached hydrogen (secondary N) is 1. The number of hydrogen-bond donors (Lipinski definition) is 1. The van der Waals surface area contributed by atoms with Crippen LogP contribution >= 0.6 is 0 Å². The van der Waals surface area contributed by atoms with Crippen molar-refractivity contribution in [2.45, 2.75) is 26.7 Å². The van der Waals surface area contributed by atoms with Crippen molar-refractivity contribution in [2.75, 3.05) is 23.3 Å². The second kappa shape index (κ2) is 6.77. The molecule has 0 saturated carbocycles. The second-order valence-corrected chi connectivity index (χ2v) is 6.14. The zero-order valence-corrected chi connectivity index (χ0v) is 13.6. The van der Waals surface area contributed by atoms with Gasteiger partial charge < -0.3 is 10.2 Å². The maximum atomic E-state index is 12.5. The highest BCUT2D eigenvalue weighted by atomic mass is 16.1. The number of amides is 1. The highest BCUT2D eigenvalue weighted by Gasteiger charge is 2.27. The van der Waals surface area contributed by atoms with E-state index in [1.165, 1.54) is 0 Å². The van der Waals surface area contributed by atoms with Crippen molar-refractivity contribution in [3.8, 4) is 0 Å². The number of benzene rings is 1. The van der Waals surface area contributed by atoms with Crippen LogP contribution in [-0.4, -0.2) is 29.0 Å². The molecule has 1 aliphatic heterocycles. The summed E-state index contributed by atoms with van der Waals surface area (Å²) in [7, 11) is 0. The van der Waals surface area contributed by atoms with Gasteiger partial charge in [-0.05, 0) is 50.5 Å². The summed E-state index contributed by atoms with van der Waals surface area (Å²) in [4.78, 5) is 23.5. The first-order valence-electron chi connectivity index (χ1n) is 8.04. The minimum absolute atomic E-state index is 0.0339. The van der Waals surface area contributed by atoms with Crippen LogP contribution in [0.1, 0.15) is 24.1 Å². The Bertz CT molecular complexity index is 701. The maximum Gasteiger partial charge on any atom is 0.229 e. The number of aromatic nitrogens is 2. The molecule has 0 aliphatic carbocycles. The van der Waals surface area contributed by atoms with Gasteiger partial charge in [0.05, 0.1) is 5.92 Å². The van der Waals surface area contributed by atoms with E-state index in [9.17, 15) is 4.79 Å². The van der Waals surface area contributed by atoms with Crippen LogP contribution in [-0.2, 0) is 4.79 Å². The average molecular weight is 310 g/mol. The molecule has 1 N–H and O–H groups in total. The summed E-state index contributed by atoms with van der Waals surface area (Å²) >= 11 is 0. The smallest absolute Gasteiger partial charge is 0.229 e. The second-order valence-electron chi connectivity index (χ2n) is 6.14. The molecule has 1 aromatic heterocycles. The van der Waals surface area contributed by atoms with Crippen LogP contribution in [0.15, 0.2) is 36.5 Å². The molecule has 0 spiro atoms. The van der Waals surface area contributed by atoms with Gasteiger partial charge in [0.2, 0.25) is 11.9 Å². The summed E-state index contributed by atoms with van der Waals surface area (Å²) in [6.07, 6.45) is 3.65. The quantitative estimate of drug-likeness (QED) is 0.947. The maximum absolute atomic E-state index is 12.5. The summed E-state index contributed by atoms with van der Waals surface area (Å²) in [6, 6.07) is 9.78. The van der Waals surface area contributed by atoms with E-state index in [1.54, 1.807) is 6.20 Å². The van der Waals surface area contributed by atoms with E-state index in [4.69, 9.17) is 0 Å². The number of carbonyl (C=O) groups excluding carboxylic acids is 1. The molecule has 3 rings (SSSR count).